The van der Waals surface area contributed by atoms with Crippen LogP contribution in [0.4, 0.5) is 0 Å². The van der Waals surface area contributed by atoms with Crippen LogP contribution in [0.25, 0.3) is 11.4 Å². The van der Waals surface area contributed by atoms with E-state index in [-0.39, 0.29) is 4.90 Å². The lowest BCUT2D eigenvalue weighted by Gasteiger charge is -2.02. The van der Waals surface area contributed by atoms with Gasteiger partial charge in [0.2, 0.25) is 10.0 Å². The fourth-order valence-corrected chi connectivity index (χ4v) is 1.76. The Hall–Kier alpha value is -1.93. The number of rotatable bonds is 3. The molecule has 0 aliphatic rings. The maximum atomic E-state index is 11.4. The third kappa shape index (κ3) is 2.43. The summed E-state index contributed by atoms with van der Waals surface area (Å²) in [7, 11) is -2.17. The van der Waals surface area contributed by atoms with Crippen molar-refractivity contribution in [1.82, 2.24) is 24.9 Å². The first-order valence-electron chi connectivity index (χ1n) is 4.66. The lowest BCUT2D eigenvalue weighted by molar-refractivity contribution is 0.587. The Balaban J connectivity index is 2.38. The van der Waals surface area contributed by atoms with E-state index in [1.807, 2.05) is 0 Å². The maximum Gasteiger partial charge on any atom is 0.243 e. The van der Waals surface area contributed by atoms with Crippen LogP contribution in [0, 0.1) is 0 Å². The highest BCUT2D eigenvalue weighted by Gasteiger charge is 2.12. The van der Waals surface area contributed by atoms with Crippen molar-refractivity contribution in [3.63, 3.8) is 0 Å². The van der Waals surface area contributed by atoms with E-state index in [0.29, 0.717) is 11.4 Å². The lowest BCUT2D eigenvalue weighted by Crippen LogP contribution is -2.19. The van der Waals surface area contributed by atoms with Gasteiger partial charge in [0.1, 0.15) is 4.90 Å². The molecule has 17 heavy (non-hydrogen) atoms. The predicted molar refractivity (Wildman–Crippen MR) is 59.3 cm³/mol. The zero-order valence-corrected chi connectivity index (χ0v) is 9.72. The van der Waals surface area contributed by atoms with Gasteiger partial charge in [-0.3, -0.25) is 0 Å². The van der Waals surface area contributed by atoms with Crippen molar-refractivity contribution in [3.8, 4) is 11.4 Å². The van der Waals surface area contributed by atoms with Crippen LogP contribution in [0.3, 0.4) is 0 Å². The quantitative estimate of drug-likeness (QED) is 0.814. The molecule has 2 aromatic heterocycles. The molecule has 0 unspecified atom stereocenters. The van der Waals surface area contributed by atoms with Crippen LogP contribution in [0.5, 0.6) is 0 Å². The molecule has 0 saturated carbocycles. The van der Waals surface area contributed by atoms with Gasteiger partial charge in [0.25, 0.3) is 0 Å². The number of nitrogens with one attached hydrogen (secondary N) is 1. The number of hydrogen-bond donors (Lipinski definition) is 1. The van der Waals surface area contributed by atoms with Crippen LogP contribution < -0.4 is 4.72 Å². The van der Waals surface area contributed by atoms with E-state index in [4.69, 9.17) is 0 Å². The molecular formula is C9H9N5O2S. The second-order valence-electron chi connectivity index (χ2n) is 3.08. The first kappa shape index (κ1) is 11.6. The lowest BCUT2D eigenvalue weighted by atomic mass is 10.3. The molecule has 0 amide bonds. The average molecular weight is 251 g/mol. The first-order chi connectivity index (χ1) is 8.13. The Morgan fingerprint density at radius 2 is 1.82 bits per heavy atom. The summed E-state index contributed by atoms with van der Waals surface area (Å²) in [6.07, 6.45) is 5.50. The van der Waals surface area contributed by atoms with Gasteiger partial charge < -0.3 is 0 Å². The van der Waals surface area contributed by atoms with E-state index >= 15 is 0 Å². The SMILES string of the molecule is CNS(=O)(=O)c1cnc(-c2ccnnc2)nc1. The van der Waals surface area contributed by atoms with Crippen LogP contribution in [0.1, 0.15) is 0 Å². The fourth-order valence-electron chi connectivity index (χ4n) is 1.14. The summed E-state index contributed by atoms with van der Waals surface area (Å²) in [6, 6.07) is 1.69. The van der Waals surface area contributed by atoms with E-state index in [9.17, 15) is 8.42 Å². The van der Waals surface area contributed by atoms with Gasteiger partial charge >= 0.3 is 0 Å². The largest absolute Gasteiger partial charge is 0.243 e. The molecule has 0 saturated heterocycles. The van der Waals surface area contributed by atoms with E-state index in [1.165, 1.54) is 31.8 Å². The van der Waals surface area contributed by atoms with Gasteiger partial charge in [0, 0.05) is 5.56 Å². The van der Waals surface area contributed by atoms with Crippen molar-refractivity contribution in [2.45, 2.75) is 4.90 Å². The number of aromatic nitrogens is 4. The van der Waals surface area contributed by atoms with Crippen molar-refractivity contribution < 1.29 is 8.42 Å². The fraction of sp³-hybridized carbons (Fsp3) is 0.111. The molecule has 88 valence electrons. The minimum atomic E-state index is -3.50. The van der Waals surface area contributed by atoms with Crippen LogP contribution in [-0.4, -0.2) is 35.6 Å². The summed E-state index contributed by atoms with van der Waals surface area (Å²) in [4.78, 5) is 7.95. The van der Waals surface area contributed by atoms with Crippen molar-refractivity contribution >= 4 is 10.0 Å². The topological polar surface area (TPSA) is 97.7 Å². The van der Waals surface area contributed by atoms with E-state index in [1.54, 1.807) is 6.07 Å². The van der Waals surface area contributed by atoms with Gasteiger partial charge in [0.05, 0.1) is 24.8 Å². The number of sulfonamides is 1. The van der Waals surface area contributed by atoms with Gasteiger partial charge in [-0.25, -0.2) is 23.1 Å². The maximum absolute atomic E-state index is 11.4. The zero-order chi connectivity index (χ0) is 12.3. The predicted octanol–water partition coefficient (Wildman–Crippen LogP) is -0.158. The third-order valence-electron chi connectivity index (χ3n) is 2.05. The molecule has 0 aromatic carbocycles. The zero-order valence-electron chi connectivity index (χ0n) is 8.90. The van der Waals surface area contributed by atoms with Crippen molar-refractivity contribution in [2.75, 3.05) is 7.05 Å². The molecule has 0 spiro atoms. The Bertz CT molecular complexity index is 597. The summed E-state index contributed by atoms with van der Waals surface area (Å²) >= 11 is 0. The van der Waals surface area contributed by atoms with Crippen LogP contribution in [-0.2, 0) is 10.0 Å². The molecule has 0 fully saturated rings. The van der Waals surface area contributed by atoms with Gasteiger partial charge in [-0.2, -0.15) is 10.2 Å². The van der Waals surface area contributed by atoms with Crippen molar-refractivity contribution in [1.29, 1.82) is 0 Å². The van der Waals surface area contributed by atoms with Crippen LogP contribution in [0.15, 0.2) is 35.7 Å². The summed E-state index contributed by atoms with van der Waals surface area (Å²) in [5.74, 6) is 0.398. The highest BCUT2D eigenvalue weighted by atomic mass is 32.2. The summed E-state index contributed by atoms with van der Waals surface area (Å²) in [6.45, 7) is 0. The first-order valence-corrected chi connectivity index (χ1v) is 6.14. The number of nitrogens with zero attached hydrogens (tertiary/aromatic N) is 4. The van der Waals surface area contributed by atoms with Crippen LogP contribution in [0.2, 0.25) is 0 Å². The molecular weight excluding hydrogens is 242 g/mol. The van der Waals surface area contributed by atoms with Gasteiger partial charge in [-0.15, -0.1) is 0 Å². The molecule has 0 radical (unpaired) electrons. The van der Waals surface area contributed by atoms with E-state index in [2.05, 4.69) is 24.9 Å². The van der Waals surface area contributed by atoms with Gasteiger partial charge in [-0.1, -0.05) is 0 Å². The average Bonchev–Trinajstić information content (AvgIpc) is 2.40. The minimum absolute atomic E-state index is 0.0192. The molecule has 7 nitrogen and oxygen atoms in total. The summed E-state index contributed by atoms with van der Waals surface area (Å²) in [5.41, 5.74) is 0.674. The van der Waals surface area contributed by atoms with Crippen LogP contribution >= 0.6 is 0 Å². The standard InChI is InChI=1S/C9H9N5O2S/c1-10-17(15,16)8-5-11-9(12-6-8)7-2-3-13-14-4-7/h2-6,10H,1H3. The summed E-state index contributed by atoms with van der Waals surface area (Å²) in [5, 5.41) is 7.32. The van der Waals surface area contributed by atoms with Gasteiger partial charge in [-0.05, 0) is 13.1 Å². The number of hydrogen-bond acceptors (Lipinski definition) is 6. The normalized spacial score (nSPS) is 11.4. The highest BCUT2D eigenvalue weighted by molar-refractivity contribution is 7.89. The second kappa shape index (κ2) is 4.52. The Kier molecular flexibility index (Phi) is 3.07. The Labute approximate surface area is 98.0 Å². The van der Waals surface area contributed by atoms with Gasteiger partial charge in [0.15, 0.2) is 5.82 Å². The van der Waals surface area contributed by atoms with Crippen molar-refractivity contribution in [3.05, 3.63) is 30.9 Å². The third-order valence-corrected chi connectivity index (χ3v) is 3.42. The molecule has 1 N–H and O–H groups in total. The van der Waals surface area contributed by atoms with E-state index < -0.39 is 10.0 Å². The monoisotopic (exact) mass is 251 g/mol. The Morgan fingerprint density at radius 3 is 2.35 bits per heavy atom. The minimum Gasteiger partial charge on any atom is -0.235 e. The second-order valence-corrected chi connectivity index (χ2v) is 4.97. The molecule has 2 rings (SSSR count). The molecule has 0 bridgehead atoms. The molecule has 8 heteroatoms. The van der Waals surface area contributed by atoms with Crippen molar-refractivity contribution in [2.24, 2.45) is 0 Å². The molecule has 0 atom stereocenters. The van der Waals surface area contributed by atoms with E-state index in [0.717, 1.165) is 0 Å². The summed E-state index contributed by atoms with van der Waals surface area (Å²) < 4.78 is 25.1. The molecule has 0 aliphatic heterocycles. The molecule has 2 aromatic rings. The molecule has 2 heterocycles. The highest BCUT2D eigenvalue weighted by Crippen LogP contribution is 2.13. The smallest absolute Gasteiger partial charge is 0.235 e. The molecule has 0 aliphatic carbocycles. The Morgan fingerprint density at radius 1 is 1.12 bits per heavy atom.